The monoisotopic (exact) mass is 320 g/mol. The van der Waals surface area contributed by atoms with Gasteiger partial charge in [-0.3, -0.25) is 0 Å². The number of benzene rings is 2. The predicted octanol–water partition coefficient (Wildman–Crippen LogP) is 3.89. The van der Waals surface area contributed by atoms with Crippen LogP contribution in [0.25, 0.3) is 0 Å². The van der Waals surface area contributed by atoms with Crippen molar-refractivity contribution in [2.24, 2.45) is 0 Å². The van der Waals surface area contributed by atoms with E-state index in [1.165, 1.54) is 5.56 Å². The van der Waals surface area contributed by atoms with E-state index in [0.717, 1.165) is 29.5 Å². The Kier molecular flexibility index (Phi) is 4.17. The van der Waals surface area contributed by atoms with Gasteiger partial charge in [0.1, 0.15) is 0 Å². The number of carbonyl (C=O) groups is 1. The van der Waals surface area contributed by atoms with Crippen LogP contribution in [-0.4, -0.2) is 16.2 Å². The lowest BCUT2D eigenvalue weighted by molar-refractivity contribution is 0.0697. The molecule has 0 saturated carbocycles. The Morgan fingerprint density at radius 3 is 2.38 bits per heavy atom. The van der Waals surface area contributed by atoms with E-state index < -0.39 is 12.1 Å². The average Bonchev–Trinajstić information content (AvgIpc) is 2.57. The summed E-state index contributed by atoms with van der Waals surface area (Å²) in [6.07, 6.45) is 1.32. The lowest BCUT2D eigenvalue weighted by Crippen LogP contribution is -2.26. The third-order valence-corrected chi connectivity index (χ3v) is 4.67. The number of aliphatic hydroxyl groups is 1. The van der Waals surface area contributed by atoms with Crippen molar-refractivity contribution in [3.05, 3.63) is 70.3 Å². The second-order valence-corrected chi connectivity index (χ2v) is 6.87. The molecule has 3 rings (SSSR count). The minimum Gasteiger partial charge on any atom is -0.478 e. The van der Waals surface area contributed by atoms with Crippen LogP contribution in [0.2, 0.25) is 0 Å². The molecule has 2 aromatic carbocycles. The molecule has 0 spiro atoms. The highest BCUT2D eigenvalue weighted by Crippen LogP contribution is 2.41. The molecule has 0 unspecified atom stereocenters. The number of aliphatic hydroxyl groups excluding tert-OH is 1. The van der Waals surface area contributed by atoms with Gasteiger partial charge in [0.05, 0.1) is 11.7 Å². The lowest BCUT2D eigenvalue weighted by Gasteiger charge is -2.35. The van der Waals surface area contributed by atoms with Crippen LogP contribution in [0.5, 0.6) is 0 Å². The Morgan fingerprint density at radius 2 is 1.71 bits per heavy atom. The van der Waals surface area contributed by atoms with Crippen molar-refractivity contribution < 1.29 is 15.0 Å². The standard InChI is InChI=1S/C21H20O3/c1-21(2)12-11-19(22)17-13-15(7-10-18(17)21)4-3-14-5-8-16(9-6-14)20(23)24/h5-10,13,19,22H,11-12H2,1-2H3,(H,23,24)/t19-/m0/s1. The molecule has 0 bridgehead atoms. The van der Waals surface area contributed by atoms with Gasteiger partial charge in [-0.05, 0) is 65.8 Å². The molecule has 2 aromatic rings. The van der Waals surface area contributed by atoms with E-state index >= 15 is 0 Å². The smallest absolute Gasteiger partial charge is 0.335 e. The van der Waals surface area contributed by atoms with Gasteiger partial charge in [-0.25, -0.2) is 4.79 Å². The van der Waals surface area contributed by atoms with Crippen LogP contribution in [0, 0.1) is 11.8 Å². The first kappa shape index (κ1) is 16.3. The van der Waals surface area contributed by atoms with E-state index in [2.05, 4.69) is 31.8 Å². The Balaban J connectivity index is 1.90. The first-order valence-corrected chi connectivity index (χ1v) is 8.05. The predicted molar refractivity (Wildman–Crippen MR) is 93.0 cm³/mol. The number of aromatic carboxylic acids is 1. The second kappa shape index (κ2) is 6.14. The molecule has 0 fully saturated rings. The first-order chi connectivity index (χ1) is 11.4. The molecular weight excluding hydrogens is 300 g/mol. The van der Waals surface area contributed by atoms with Gasteiger partial charge in [0.15, 0.2) is 0 Å². The molecule has 0 aromatic heterocycles. The van der Waals surface area contributed by atoms with Gasteiger partial charge in [-0.15, -0.1) is 0 Å². The minimum atomic E-state index is -0.944. The van der Waals surface area contributed by atoms with Crippen molar-refractivity contribution in [1.82, 2.24) is 0 Å². The number of carboxylic acid groups (broad SMARTS) is 1. The van der Waals surface area contributed by atoms with Crippen LogP contribution < -0.4 is 0 Å². The van der Waals surface area contributed by atoms with Crippen LogP contribution in [0.1, 0.15) is 65.4 Å². The fourth-order valence-electron chi connectivity index (χ4n) is 3.16. The topological polar surface area (TPSA) is 57.5 Å². The Morgan fingerprint density at radius 1 is 1.08 bits per heavy atom. The zero-order valence-electron chi connectivity index (χ0n) is 13.8. The fraction of sp³-hybridized carbons (Fsp3) is 0.286. The molecule has 0 radical (unpaired) electrons. The highest BCUT2D eigenvalue weighted by molar-refractivity contribution is 5.87. The van der Waals surface area contributed by atoms with Gasteiger partial charge in [0.2, 0.25) is 0 Å². The molecule has 1 aliphatic rings. The summed E-state index contributed by atoms with van der Waals surface area (Å²) in [5.41, 5.74) is 4.11. The summed E-state index contributed by atoms with van der Waals surface area (Å²) in [7, 11) is 0. The molecular formula is C21H20O3. The Labute approximate surface area is 142 Å². The third-order valence-electron chi connectivity index (χ3n) is 4.67. The van der Waals surface area contributed by atoms with Crippen molar-refractivity contribution in [3.63, 3.8) is 0 Å². The highest BCUT2D eigenvalue weighted by atomic mass is 16.4. The quantitative estimate of drug-likeness (QED) is 0.784. The fourth-order valence-corrected chi connectivity index (χ4v) is 3.16. The number of hydrogen-bond donors (Lipinski definition) is 2. The summed E-state index contributed by atoms with van der Waals surface area (Å²) in [6.45, 7) is 4.40. The van der Waals surface area contributed by atoms with Crippen LogP contribution in [-0.2, 0) is 5.41 Å². The van der Waals surface area contributed by atoms with Crippen molar-refractivity contribution in [2.45, 2.75) is 38.2 Å². The molecule has 0 heterocycles. The maximum atomic E-state index is 10.9. The zero-order valence-corrected chi connectivity index (χ0v) is 13.8. The summed E-state index contributed by atoms with van der Waals surface area (Å²) in [6, 6.07) is 12.5. The van der Waals surface area contributed by atoms with E-state index in [4.69, 9.17) is 5.11 Å². The lowest BCUT2D eigenvalue weighted by atomic mass is 9.71. The molecule has 24 heavy (non-hydrogen) atoms. The molecule has 0 amide bonds. The van der Waals surface area contributed by atoms with Gasteiger partial charge in [-0.1, -0.05) is 31.8 Å². The molecule has 0 aliphatic heterocycles. The number of carboxylic acids is 1. The van der Waals surface area contributed by atoms with Crippen molar-refractivity contribution in [2.75, 3.05) is 0 Å². The molecule has 1 atom stereocenters. The van der Waals surface area contributed by atoms with Gasteiger partial charge in [-0.2, -0.15) is 0 Å². The van der Waals surface area contributed by atoms with Crippen molar-refractivity contribution in [1.29, 1.82) is 0 Å². The zero-order chi connectivity index (χ0) is 17.3. The van der Waals surface area contributed by atoms with Crippen LogP contribution in [0.3, 0.4) is 0 Å². The van der Waals surface area contributed by atoms with E-state index in [0.29, 0.717) is 0 Å². The molecule has 0 saturated heterocycles. The van der Waals surface area contributed by atoms with Gasteiger partial charge in [0, 0.05) is 11.1 Å². The molecule has 122 valence electrons. The molecule has 2 N–H and O–H groups in total. The molecule has 3 heteroatoms. The van der Waals surface area contributed by atoms with Crippen molar-refractivity contribution in [3.8, 4) is 11.8 Å². The Bertz CT molecular complexity index is 836. The second-order valence-electron chi connectivity index (χ2n) is 6.87. The largest absolute Gasteiger partial charge is 0.478 e. The van der Waals surface area contributed by atoms with Gasteiger partial charge < -0.3 is 10.2 Å². The summed E-state index contributed by atoms with van der Waals surface area (Å²) in [5.74, 6) is 5.20. The molecule has 3 nitrogen and oxygen atoms in total. The summed E-state index contributed by atoms with van der Waals surface area (Å²) in [5, 5.41) is 19.2. The number of fused-ring (bicyclic) bond motifs is 1. The maximum Gasteiger partial charge on any atom is 0.335 e. The van der Waals surface area contributed by atoms with Gasteiger partial charge in [0.25, 0.3) is 0 Å². The third kappa shape index (κ3) is 3.20. The van der Waals surface area contributed by atoms with Crippen LogP contribution >= 0.6 is 0 Å². The van der Waals surface area contributed by atoms with Gasteiger partial charge >= 0.3 is 5.97 Å². The summed E-state index contributed by atoms with van der Waals surface area (Å²) in [4.78, 5) is 10.9. The SMILES string of the molecule is CC1(C)CC[C@H](O)c2cc(C#Cc3ccc(C(=O)O)cc3)ccc21. The highest BCUT2D eigenvalue weighted by Gasteiger charge is 2.31. The molecule has 1 aliphatic carbocycles. The average molecular weight is 320 g/mol. The van der Waals surface area contributed by atoms with E-state index in [-0.39, 0.29) is 11.0 Å². The van der Waals surface area contributed by atoms with E-state index in [1.807, 2.05) is 12.1 Å². The summed E-state index contributed by atoms with van der Waals surface area (Å²) < 4.78 is 0. The minimum absolute atomic E-state index is 0.0766. The number of hydrogen-bond acceptors (Lipinski definition) is 2. The maximum absolute atomic E-state index is 10.9. The van der Waals surface area contributed by atoms with Crippen molar-refractivity contribution >= 4 is 5.97 Å². The van der Waals surface area contributed by atoms with Crippen LogP contribution in [0.15, 0.2) is 42.5 Å². The summed E-state index contributed by atoms with van der Waals surface area (Å²) >= 11 is 0. The normalized spacial score (nSPS) is 18.2. The van der Waals surface area contributed by atoms with Crippen LogP contribution in [0.4, 0.5) is 0 Å². The first-order valence-electron chi connectivity index (χ1n) is 8.05. The number of rotatable bonds is 1. The Hall–Kier alpha value is -2.57. The van der Waals surface area contributed by atoms with E-state index in [9.17, 15) is 9.90 Å². The van der Waals surface area contributed by atoms with E-state index in [1.54, 1.807) is 24.3 Å².